The Balaban J connectivity index is 1.68. The first-order valence-corrected chi connectivity index (χ1v) is 8.08. The Kier molecular flexibility index (Phi) is 4.43. The summed E-state index contributed by atoms with van der Waals surface area (Å²) < 4.78 is 0. The molecule has 1 aromatic rings. The summed E-state index contributed by atoms with van der Waals surface area (Å²) in [5.41, 5.74) is 2.15. The number of rotatable bonds is 3. The second kappa shape index (κ2) is 6.48. The Bertz CT molecular complexity index is 550. The number of piperazine rings is 1. The fourth-order valence-corrected chi connectivity index (χ4v) is 3.18. The molecule has 2 saturated heterocycles. The number of nitrogens with zero attached hydrogens (tertiary/aromatic N) is 2. The summed E-state index contributed by atoms with van der Waals surface area (Å²) in [7, 11) is 0. The number of carbonyl (C=O) groups excluding carboxylic acids is 2. The van der Waals surface area contributed by atoms with Crippen molar-refractivity contribution in [3.63, 3.8) is 0 Å². The van der Waals surface area contributed by atoms with Crippen molar-refractivity contribution in [2.24, 2.45) is 5.92 Å². The third kappa shape index (κ3) is 2.99. The van der Waals surface area contributed by atoms with Gasteiger partial charge in [0, 0.05) is 44.8 Å². The predicted octanol–water partition coefficient (Wildman–Crippen LogP) is 1.03. The zero-order chi connectivity index (χ0) is 15.5. The highest BCUT2D eigenvalue weighted by Crippen LogP contribution is 2.26. The highest BCUT2D eigenvalue weighted by atomic mass is 16.2. The van der Waals surface area contributed by atoms with Crippen LogP contribution in [0, 0.1) is 5.92 Å². The summed E-state index contributed by atoms with van der Waals surface area (Å²) >= 11 is 0. The maximum absolute atomic E-state index is 12.5. The van der Waals surface area contributed by atoms with E-state index in [9.17, 15) is 9.59 Å². The van der Waals surface area contributed by atoms with E-state index in [0.717, 1.165) is 38.3 Å². The summed E-state index contributed by atoms with van der Waals surface area (Å²) in [5.74, 6) is -0.0169. The van der Waals surface area contributed by atoms with Crippen LogP contribution in [0.1, 0.15) is 18.9 Å². The second-order valence-electron chi connectivity index (χ2n) is 6.00. The molecule has 0 aliphatic carbocycles. The quantitative estimate of drug-likeness (QED) is 0.907. The van der Waals surface area contributed by atoms with Crippen molar-refractivity contribution >= 4 is 17.5 Å². The number of benzene rings is 1. The van der Waals surface area contributed by atoms with Gasteiger partial charge >= 0.3 is 0 Å². The summed E-state index contributed by atoms with van der Waals surface area (Å²) in [6, 6.07) is 8.06. The zero-order valence-corrected chi connectivity index (χ0v) is 13.0. The van der Waals surface area contributed by atoms with Gasteiger partial charge in [0.1, 0.15) is 0 Å². The lowest BCUT2D eigenvalue weighted by Crippen LogP contribution is -2.48. The van der Waals surface area contributed by atoms with Gasteiger partial charge in [-0.05, 0) is 24.1 Å². The summed E-state index contributed by atoms with van der Waals surface area (Å²) in [6.07, 6.45) is 1.32. The molecular formula is C17H23N3O2. The van der Waals surface area contributed by atoms with Crippen LogP contribution in [0.3, 0.4) is 0 Å². The Morgan fingerprint density at radius 3 is 2.55 bits per heavy atom. The highest BCUT2D eigenvalue weighted by Gasteiger charge is 2.37. The van der Waals surface area contributed by atoms with Gasteiger partial charge in [-0.25, -0.2) is 0 Å². The van der Waals surface area contributed by atoms with Crippen molar-refractivity contribution in [3.05, 3.63) is 29.8 Å². The summed E-state index contributed by atoms with van der Waals surface area (Å²) in [6.45, 7) is 5.79. The molecule has 2 fully saturated rings. The van der Waals surface area contributed by atoms with E-state index in [4.69, 9.17) is 0 Å². The monoisotopic (exact) mass is 301 g/mol. The predicted molar refractivity (Wildman–Crippen MR) is 85.7 cm³/mol. The maximum Gasteiger partial charge on any atom is 0.228 e. The topological polar surface area (TPSA) is 52.7 Å². The molecule has 0 radical (unpaired) electrons. The number of hydrogen-bond donors (Lipinski definition) is 1. The maximum atomic E-state index is 12.5. The molecule has 0 saturated carbocycles. The Labute approximate surface area is 131 Å². The number of anilines is 1. The first-order chi connectivity index (χ1) is 10.7. The van der Waals surface area contributed by atoms with E-state index in [2.05, 4.69) is 12.2 Å². The summed E-state index contributed by atoms with van der Waals surface area (Å²) in [5, 5.41) is 3.24. The standard InChI is InChI=1S/C17H23N3O2/c1-2-13-3-5-15(6-4-13)20-12-14(11-16(20)21)17(22)19-9-7-18-8-10-19/h3-6,14,18H,2,7-12H2,1H3. The molecule has 5 heteroatoms. The highest BCUT2D eigenvalue weighted by molar-refractivity contribution is 6.00. The van der Waals surface area contributed by atoms with Gasteiger partial charge in [-0.1, -0.05) is 19.1 Å². The molecule has 2 amide bonds. The molecular weight excluding hydrogens is 278 g/mol. The van der Waals surface area contributed by atoms with Crippen LogP contribution in [0.15, 0.2) is 24.3 Å². The lowest BCUT2D eigenvalue weighted by molar-refractivity contribution is -0.136. The van der Waals surface area contributed by atoms with Crippen LogP contribution in [0.25, 0.3) is 0 Å². The number of amides is 2. The van der Waals surface area contributed by atoms with E-state index in [0.29, 0.717) is 13.0 Å². The number of carbonyl (C=O) groups is 2. The molecule has 22 heavy (non-hydrogen) atoms. The van der Waals surface area contributed by atoms with Crippen LogP contribution in [0.5, 0.6) is 0 Å². The molecule has 2 heterocycles. The van der Waals surface area contributed by atoms with Gasteiger partial charge in [0.25, 0.3) is 0 Å². The van der Waals surface area contributed by atoms with Gasteiger partial charge in [0.15, 0.2) is 0 Å². The Morgan fingerprint density at radius 1 is 1.23 bits per heavy atom. The molecule has 118 valence electrons. The van der Waals surface area contributed by atoms with E-state index in [1.807, 2.05) is 29.2 Å². The number of hydrogen-bond acceptors (Lipinski definition) is 3. The summed E-state index contributed by atoms with van der Waals surface area (Å²) in [4.78, 5) is 28.5. The third-order valence-corrected chi connectivity index (χ3v) is 4.56. The normalized spacial score (nSPS) is 22.2. The van der Waals surface area contributed by atoms with E-state index in [1.165, 1.54) is 5.56 Å². The van der Waals surface area contributed by atoms with Crippen molar-refractivity contribution in [2.45, 2.75) is 19.8 Å². The van der Waals surface area contributed by atoms with Crippen LogP contribution < -0.4 is 10.2 Å². The van der Waals surface area contributed by atoms with Gasteiger partial charge in [0.2, 0.25) is 11.8 Å². The van der Waals surface area contributed by atoms with Gasteiger partial charge < -0.3 is 15.1 Å². The molecule has 0 aromatic heterocycles. The molecule has 5 nitrogen and oxygen atoms in total. The largest absolute Gasteiger partial charge is 0.340 e. The SMILES string of the molecule is CCc1ccc(N2CC(C(=O)N3CCNCC3)CC2=O)cc1. The average Bonchev–Trinajstić information content (AvgIpc) is 2.97. The van der Waals surface area contributed by atoms with Gasteiger partial charge in [0.05, 0.1) is 5.92 Å². The Hall–Kier alpha value is -1.88. The average molecular weight is 301 g/mol. The minimum absolute atomic E-state index is 0.0535. The lowest BCUT2D eigenvalue weighted by atomic mass is 10.1. The van der Waals surface area contributed by atoms with Gasteiger partial charge in [-0.3, -0.25) is 9.59 Å². The van der Waals surface area contributed by atoms with Gasteiger partial charge in [-0.15, -0.1) is 0 Å². The van der Waals surface area contributed by atoms with Crippen molar-refractivity contribution in [1.82, 2.24) is 10.2 Å². The van der Waals surface area contributed by atoms with Crippen LogP contribution in [0.2, 0.25) is 0 Å². The molecule has 1 N–H and O–H groups in total. The van der Waals surface area contributed by atoms with Crippen LogP contribution in [-0.2, 0) is 16.0 Å². The molecule has 1 unspecified atom stereocenters. The molecule has 0 bridgehead atoms. The van der Waals surface area contributed by atoms with Crippen molar-refractivity contribution < 1.29 is 9.59 Å². The van der Waals surface area contributed by atoms with Crippen LogP contribution >= 0.6 is 0 Å². The molecule has 3 rings (SSSR count). The molecule has 1 aromatic carbocycles. The number of aryl methyl sites for hydroxylation is 1. The van der Waals surface area contributed by atoms with Crippen molar-refractivity contribution in [3.8, 4) is 0 Å². The van der Waals surface area contributed by atoms with E-state index >= 15 is 0 Å². The van der Waals surface area contributed by atoms with E-state index < -0.39 is 0 Å². The number of nitrogens with one attached hydrogen (secondary N) is 1. The first-order valence-electron chi connectivity index (χ1n) is 8.08. The van der Waals surface area contributed by atoms with Crippen LogP contribution in [-0.4, -0.2) is 49.4 Å². The third-order valence-electron chi connectivity index (χ3n) is 4.56. The fourth-order valence-electron chi connectivity index (χ4n) is 3.18. The van der Waals surface area contributed by atoms with Crippen LogP contribution in [0.4, 0.5) is 5.69 Å². The molecule has 2 aliphatic heterocycles. The fraction of sp³-hybridized carbons (Fsp3) is 0.529. The van der Waals surface area contributed by atoms with Crippen molar-refractivity contribution in [1.29, 1.82) is 0 Å². The van der Waals surface area contributed by atoms with Gasteiger partial charge in [-0.2, -0.15) is 0 Å². The lowest BCUT2D eigenvalue weighted by Gasteiger charge is -2.29. The van der Waals surface area contributed by atoms with E-state index in [-0.39, 0.29) is 17.7 Å². The molecule has 0 spiro atoms. The van der Waals surface area contributed by atoms with E-state index in [1.54, 1.807) is 4.90 Å². The first kappa shape index (κ1) is 15.0. The zero-order valence-electron chi connectivity index (χ0n) is 13.0. The molecule has 1 atom stereocenters. The minimum atomic E-state index is -0.198. The molecule has 2 aliphatic rings. The minimum Gasteiger partial charge on any atom is -0.340 e. The Morgan fingerprint density at radius 2 is 1.91 bits per heavy atom. The second-order valence-corrected chi connectivity index (χ2v) is 6.00. The smallest absolute Gasteiger partial charge is 0.228 e. The van der Waals surface area contributed by atoms with Crippen molar-refractivity contribution in [2.75, 3.05) is 37.6 Å².